The SMILES string of the molecule is O=C(CCCNS(=O)(=O)c1ccc2c(c1)OCCO2)N1CCSCC1. The largest absolute Gasteiger partial charge is 0.486 e. The van der Waals surface area contributed by atoms with E-state index in [1.165, 1.54) is 12.1 Å². The lowest BCUT2D eigenvalue weighted by atomic mass is 10.3. The van der Waals surface area contributed by atoms with Crippen LogP contribution in [-0.4, -0.2) is 63.6 Å². The van der Waals surface area contributed by atoms with Crippen LogP contribution in [0.3, 0.4) is 0 Å². The molecule has 2 aliphatic heterocycles. The lowest BCUT2D eigenvalue weighted by Crippen LogP contribution is -2.38. The summed E-state index contributed by atoms with van der Waals surface area (Å²) in [4.78, 5) is 14.1. The van der Waals surface area contributed by atoms with Crippen LogP contribution in [0.4, 0.5) is 0 Å². The molecule has 0 radical (unpaired) electrons. The van der Waals surface area contributed by atoms with E-state index in [-0.39, 0.29) is 17.3 Å². The fraction of sp³-hybridized carbons (Fsp3) is 0.562. The Bertz CT molecular complexity index is 717. The van der Waals surface area contributed by atoms with Crippen molar-refractivity contribution in [3.63, 3.8) is 0 Å². The van der Waals surface area contributed by atoms with E-state index in [1.807, 2.05) is 16.7 Å². The zero-order chi connectivity index (χ0) is 17.7. The molecule has 0 unspecified atom stereocenters. The minimum Gasteiger partial charge on any atom is -0.486 e. The summed E-state index contributed by atoms with van der Waals surface area (Å²) in [6.07, 6.45) is 0.834. The van der Waals surface area contributed by atoms with Gasteiger partial charge in [-0.3, -0.25) is 4.79 Å². The molecule has 25 heavy (non-hydrogen) atoms. The van der Waals surface area contributed by atoms with Crippen LogP contribution in [0.25, 0.3) is 0 Å². The standard InChI is InChI=1S/C16H22N2O5S2/c19-16(18-6-10-24-11-7-18)2-1-5-17-25(20,21)13-3-4-14-15(12-13)23-9-8-22-14/h3-4,12,17H,1-2,5-11H2. The van der Waals surface area contributed by atoms with E-state index in [9.17, 15) is 13.2 Å². The molecule has 0 atom stereocenters. The second kappa shape index (κ2) is 8.29. The van der Waals surface area contributed by atoms with Crippen LogP contribution >= 0.6 is 11.8 Å². The van der Waals surface area contributed by atoms with Crippen molar-refractivity contribution in [1.29, 1.82) is 0 Å². The molecule has 0 aromatic heterocycles. The van der Waals surface area contributed by atoms with E-state index in [4.69, 9.17) is 9.47 Å². The summed E-state index contributed by atoms with van der Waals surface area (Å²) in [6.45, 7) is 2.66. The molecule has 138 valence electrons. The first-order valence-corrected chi connectivity index (χ1v) is 10.9. The molecule has 1 aromatic carbocycles. The highest BCUT2D eigenvalue weighted by Gasteiger charge is 2.20. The number of amides is 1. The Morgan fingerprint density at radius 2 is 1.88 bits per heavy atom. The van der Waals surface area contributed by atoms with Crippen LogP contribution in [0.1, 0.15) is 12.8 Å². The molecule has 0 spiro atoms. The number of ether oxygens (including phenoxy) is 2. The van der Waals surface area contributed by atoms with Crippen LogP contribution in [0.15, 0.2) is 23.1 Å². The van der Waals surface area contributed by atoms with Crippen LogP contribution in [-0.2, 0) is 14.8 Å². The highest BCUT2D eigenvalue weighted by Crippen LogP contribution is 2.32. The minimum atomic E-state index is -3.63. The minimum absolute atomic E-state index is 0.0961. The van der Waals surface area contributed by atoms with Crippen molar-refractivity contribution >= 4 is 27.7 Å². The van der Waals surface area contributed by atoms with E-state index in [1.54, 1.807) is 6.07 Å². The van der Waals surface area contributed by atoms with Gasteiger partial charge in [0.25, 0.3) is 0 Å². The van der Waals surface area contributed by atoms with Gasteiger partial charge in [0.15, 0.2) is 11.5 Å². The molecule has 7 nitrogen and oxygen atoms in total. The zero-order valence-corrected chi connectivity index (χ0v) is 15.5. The Hall–Kier alpha value is -1.45. The van der Waals surface area contributed by atoms with E-state index in [2.05, 4.69) is 4.72 Å². The second-order valence-corrected chi connectivity index (χ2v) is 8.79. The van der Waals surface area contributed by atoms with Gasteiger partial charge < -0.3 is 14.4 Å². The Labute approximate surface area is 152 Å². The van der Waals surface area contributed by atoms with Crippen molar-refractivity contribution in [2.75, 3.05) is 44.4 Å². The van der Waals surface area contributed by atoms with Crippen LogP contribution in [0.2, 0.25) is 0 Å². The van der Waals surface area contributed by atoms with E-state index >= 15 is 0 Å². The maximum Gasteiger partial charge on any atom is 0.240 e. The van der Waals surface area contributed by atoms with Gasteiger partial charge in [-0.25, -0.2) is 13.1 Å². The first-order chi connectivity index (χ1) is 12.1. The molecule has 2 heterocycles. The summed E-state index contributed by atoms with van der Waals surface area (Å²) in [5.74, 6) is 3.03. The molecule has 1 aromatic rings. The molecule has 9 heteroatoms. The highest BCUT2D eigenvalue weighted by atomic mass is 32.2. The van der Waals surface area contributed by atoms with E-state index < -0.39 is 10.0 Å². The number of benzene rings is 1. The van der Waals surface area contributed by atoms with Gasteiger partial charge in [-0.2, -0.15) is 11.8 Å². The van der Waals surface area contributed by atoms with Crippen molar-refractivity contribution < 1.29 is 22.7 Å². The fourth-order valence-electron chi connectivity index (χ4n) is 2.69. The predicted molar refractivity (Wildman–Crippen MR) is 95.8 cm³/mol. The Kier molecular flexibility index (Phi) is 6.08. The number of rotatable bonds is 6. The van der Waals surface area contributed by atoms with Gasteiger partial charge in [0, 0.05) is 43.6 Å². The lowest BCUT2D eigenvalue weighted by molar-refractivity contribution is -0.130. The Morgan fingerprint density at radius 1 is 1.16 bits per heavy atom. The van der Waals surface area contributed by atoms with Gasteiger partial charge >= 0.3 is 0 Å². The molecule has 1 N–H and O–H groups in total. The Morgan fingerprint density at radius 3 is 2.64 bits per heavy atom. The quantitative estimate of drug-likeness (QED) is 0.737. The molecule has 0 bridgehead atoms. The first-order valence-electron chi connectivity index (χ1n) is 8.31. The second-order valence-electron chi connectivity index (χ2n) is 5.80. The van der Waals surface area contributed by atoms with E-state index in [0.717, 1.165) is 24.6 Å². The molecular formula is C16H22N2O5S2. The maximum atomic E-state index is 12.4. The molecular weight excluding hydrogens is 364 g/mol. The number of sulfonamides is 1. The number of nitrogens with one attached hydrogen (secondary N) is 1. The number of hydrogen-bond acceptors (Lipinski definition) is 6. The van der Waals surface area contributed by atoms with Gasteiger partial charge in [-0.1, -0.05) is 0 Å². The number of hydrogen-bond donors (Lipinski definition) is 1. The summed E-state index contributed by atoms with van der Waals surface area (Å²) < 4.78 is 38.1. The van der Waals surface area contributed by atoms with Gasteiger partial charge in [-0.05, 0) is 18.6 Å². The number of thioether (sulfide) groups is 1. The van der Waals surface area contributed by atoms with Gasteiger partial charge in [0.05, 0.1) is 4.90 Å². The van der Waals surface area contributed by atoms with Crippen molar-refractivity contribution in [1.82, 2.24) is 9.62 Å². The smallest absolute Gasteiger partial charge is 0.240 e. The lowest BCUT2D eigenvalue weighted by Gasteiger charge is -2.26. The average Bonchev–Trinajstić information content (AvgIpc) is 2.65. The van der Waals surface area contributed by atoms with Crippen molar-refractivity contribution in [3.05, 3.63) is 18.2 Å². The zero-order valence-electron chi connectivity index (χ0n) is 13.9. The molecule has 0 saturated carbocycles. The molecule has 0 aliphatic carbocycles. The predicted octanol–water partition coefficient (Wildman–Crippen LogP) is 1.09. The number of carbonyl (C=O) groups is 1. The third-order valence-electron chi connectivity index (χ3n) is 4.05. The summed E-state index contributed by atoms with van der Waals surface area (Å²) in [5, 5.41) is 0. The normalized spacial score (nSPS) is 17.4. The maximum absolute atomic E-state index is 12.4. The summed E-state index contributed by atoms with van der Waals surface area (Å²) >= 11 is 1.85. The molecule has 1 saturated heterocycles. The van der Waals surface area contributed by atoms with Crippen LogP contribution in [0.5, 0.6) is 11.5 Å². The first kappa shape index (κ1) is 18.3. The highest BCUT2D eigenvalue weighted by molar-refractivity contribution is 7.99. The molecule has 1 fully saturated rings. The van der Waals surface area contributed by atoms with Crippen molar-refractivity contribution in [3.8, 4) is 11.5 Å². The third-order valence-corrected chi connectivity index (χ3v) is 6.45. The number of fused-ring (bicyclic) bond motifs is 1. The molecule has 3 rings (SSSR count). The van der Waals surface area contributed by atoms with Crippen molar-refractivity contribution in [2.24, 2.45) is 0 Å². The molecule has 2 aliphatic rings. The van der Waals surface area contributed by atoms with Crippen molar-refractivity contribution in [2.45, 2.75) is 17.7 Å². The summed E-state index contributed by atoms with van der Waals surface area (Å²) in [5.41, 5.74) is 0. The summed E-state index contributed by atoms with van der Waals surface area (Å²) in [7, 11) is -3.63. The fourth-order valence-corrected chi connectivity index (χ4v) is 4.68. The number of carbonyl (C=O) groups excluding carboxylic acids is 1. The van der Waals surface area contributed by atoms with Gasteiger partial charge in [0.2, 0.25) is 15.9 Å². The third kappa shape index (κ3) is 4.80. The number of nitrogens with zero attached hydrogens (tertiary/aromatic N) is 1. The molecule has 1 amide bonds. The van der Waals surface area contributed by atoms with Crippen LogP contribution < -0.4 is 14.2 Å². The van der Waals surface area contributed by atoms with Gasteiger partial charge in [-0.15, -0.1) is 0 Å². The Balaban J connectivity index is 1.49. The van der Waals surface area contributed by atoms with Gasteiger partial charge in [0.1, 0.15) is 13.2 Å². The van der Waals surface area contributed by atoms with E-state index in [0.29, 0.717) is 37.6 Å². The summed E-state index contributed by atoms with van der Waals surface area (Å²) in [6, 6.07) is 4.56. The average molecular weight is 386 g/mol. The topological polar surface area (TPSA) is 84.9 Å². The monoisotopic (exact) mass is 386 g/mol. The van der Waals surface area contributed by atoms with Crippen LogP contribution in [0, 0.1) is 0 Å².